The highest BCUT2D eigenvalue weighted by molar-refractivity contribution is 5.02. The normalized spacial score (nSPS) is 22.1. The first kappa shape index (κ1) is 16.1. The van der Waals surface area contributed by atoms with Gasteiger partial charge in [0.05, 0.1) is 18.7 Å². The van der Waals surface area contributed by atoms with Gasteiger partial charge in [0.15, 0.2) is 5.82 Å². The van der Waals surface area contributed by atoms with Crippen LogP contribution in [0.2, 0.25) is 0 Å². The highest BCUT2D eigenvalue weighted by Crippen LogP contribution is 2.33. The summed E-state index contributed by atoms with van der Waals surface area (Å²) in [6.45, 7) is 8.44. The summed E-state index contributed by atoms with van der Waals surface area (Å²) in [4.78, 5) is 6.69. The molecule has 0 bridgehead atoms. The third kappa shape index (κ3) is 3.28. The van der Waals surface area contributed by atoms with Crippen LogP contribution in [-0.4, -0.2) is 49.6 Å². The number of hydrogen-bond donors (Lipinski definition) is 0. The van der Waals surface area contributed by atoms with Crippen LogP contribution < -0.4 is 0 Å². The minimum absolute atomic E-state index is 0.0632. The van der Waals surface area contributed by atoms with E-state index < -0.39 is 0 Å². The Balaban J connectivity index is 1.82. The van der Waals surface area contributed by atoms with E-state index in [-0.39, 0.29) is 12.1 Å². The Morgan fingerprint density at radius 2 is 2.13 bits per heavy atom. The van der Waals surface area contributed by atoms with Crippen molar-refractivity contribution < 1.29 is 9.26 Å². The Hall–Kier alpha value is -1.80. The van der Waals surface area contributed by atoms with E-state index in [0.29, 0.717) is 18.3 Å². The van der Waals surface area contributed by atoms with Crippen LogP contribution >= 0.6 is 0 Å². The third-order valence-corrected chi connectivity index (χ3v) is 4.33. The van der Waals surface area contributed by atoms with Crippen LogP contribution in [0.5, 0.6) is 0 Å². The first-order chi connectivity index (χ1) is 11.1. The fourth-order valence-electron chi connectivity index (χ4n) is 3.15. The van der Waals surface area contributed by atoms with Gasteiger partial charge in [-0.15, -0.1) is 10.2 Å². The molecule has 1 saturated heterocycles. The van der Waals surface area contributed by atoms with Crippen molar-refractivity contribution in [3.05, 3.63) is 23.4 Å². The van der Waals surface area contributed by atoms with Crippen molar-refractivity contribution in [2.24, 2.45) is 0 Å². The van der Waals surface area contributed by atoms with Gasteiger partial charge in [0, 0.05) is 20.2 Å². The van der Waals surface area contributed by atoms with Crippen LogP contribution in [0.3, 0.4) is 0 Å². The lowest BCUT2D eigenvalue weighted by atomic mass is 10.2. The SMILES string of the molecule is CCCn1c(C)nnc1CN1C[C@H](OC)C[C@@H]1c1nc(C)no1. The number of hydrogen-bond acceptors (Lipinski definition) is 7. The van der Waals surface area contributed by atoms with Gasteiger partial charge in [-0.2, -0.15) is 4.98 Å². The van der Waals surface area contributed by atoms with E-state index in [2.05, 4.69) is 36.7 Å². The van der Waals surface area contributed by atoms with Gasteiger partial charge in [-0.05, 0) is 26.7 Å². The lowest BCUT2D eigenvalue weighted by Crippen LogP contribution is -2.27. The molecule has 0 aliphatic carbocycles. The second-order valence-corrected chi connectivity index (χ2v) is 6.03. The Labute approximate surface area is 135 Å². The minimum atomic E-state index is 0.0632. The quantitative estimate of drug-likeness (QED) is 0.800. The van der Waals surface area contributed by atoms with Gasteiger partial charge in [0.25, 0.3) is 0 Å². The molecule has 2 atom stereocenters. The smallest absolute Gasteiger partial charge is 0.244 e. The molecule has 23 heavy (non-hydrogen) atoms. The molecule has 8 heteroatoms. The predicted molar refractivity (Wildman–Crippen MR) is 82.7 cm³/mol. The monoisotopic (exact) mass is 320 g/mol. The summed E-state index contributed by atoms with van der Waals surface area (Å²) in [5.74, 6) is 3.24. The van der Waals surface area contributed by atoms with Crippen LogP contribution in [-0.2, 0) is 17.8 Å². The maximum atomic E-state index is 5.55. The van der Waals surface area contributed by atoms with Crippen LogP contribution in [0.4, 0.5) is 0 Å². The zero-order valence-corrected chi connectivity index (χ0v) is 14.2. The molecule has 1 fully saturated rings. The van der Waals surface area contributed by atoms with E-state index in [1.165, 1.54) is 0 Å². The molecule has 3 heterocycles. The van der Waals surface area contributed by atoms with Crippen molar-refractivity contribution in [1.29, 1.82) is 0 Å². The number of rotatable bonds is 6. The maximum absolute atomic E-state index is 5.55. The van der Waals surface area contributed by atoms with Gasteiger partial charge in [0.2, 0.25) is 5.89 Å². The molecule has 126 valence electrons. The van der Waals surface area contributed by atoms with E-state index in [4.69, 9.17) is 9.26 Å². The number of aryl methyl sites for hydroxylation is 2. The average Bonchev–Trinajstić information content (AvgIpc) is 3.22. The average molecular weight is 320 g/mol. The Morgan fingerprint density at radius 1 is 1.30 bits per heavy atom. The van der Waals surface area contributed by atoms with Crippen molar-refractivity contribution in [3.63, 3.8) is 0 Å². The van der Waals surface area contributed by atoms with Crippen molar-refractivity contribution in [2.45, 2.75) is 58.8 Å². The fraction of sp³-hybridized carbons (Fsp3) is 0.733. The van der Waals surface area contributed by atoms with Gasteiger partial charge in [0.1, 0.15) is 11.6 Å². The Kier molecular flexibility index (Phi) is 4.72. The molecule has 3 rings (SSSR count). The molecule has 8 nitrogen and oxygen atoms in total. The highest BCUT2D eigenvalue weighted by Gasteiger charge is 2.37. The molecule has 1 aliphatic heterocycles. The molecule has 0 N–H and O–H groups in total. The molecule has 2 aromatic heterocycles. The molecule has 1 aliphatic rings. The van der Waals surface area contributed by atoms with Crippen molar-refractivity contribution in [3.8, 4) is 0 Å². The van der Waals surface area contributed by atoms with Crippen molar-refractivity contribution >= 4 is 0 Å². The number of nitrogens with zero attached hydrogens (tertiary/aromatic N) is 6. The predicted octanol–water partition coefficient (Wildman–Crippen LogP) is 1.65. The topological polar surface area (TPSA) is 82.1 Å². The Morgan fingerprint density at radius 3 is 2.78 bits per heavy atom. The summed E-state index contributed by atoms with van der Waals surface area (Å²) >= 11 is 0. The van der Waals surface area contributed by atoms with Gasteiger partial charge in [-0.25, -0.2) is 0 Å². The number of ether oxygens (including phenoxy) is 1. The van der Waals surface area contributed by atoms with E-state index in [1.54, 1.807) is 7.11 Å². The van der Waals surface area contributed by atoms with Gasteiger partial charge in [-0.1, -0.05) is 12.1 Å². The van der Waals surface area contributed by atoms with Crippen molar-refractivity contribution in [2.75, 3.05) is 13.7 Å². The zero-order valence-electron chi connectivity index (χ0n) is 14.2. The van der Waals surface area contributed by atoms with Crippen LogP contribution in [0.1, 0.15) is 49.2 Å². The van der Waals surface area contributed by atoms with Crippen molar-refractivity contribution in [1.82, 2.24) is 29.8 Å². The minimum Gasteiger partial charge on any atom is -0.380 e. The summed E-state index contributed by atoms with van der Waals surface area (Å²) < 4.78 is 13.1. The van der Waals surface area contributed by atoms with Gasteiger partial charge in [-0.3, -0.25) is 4.90 Å². The molecular weight excluding hydrogens is 296 g/mol. The third-order valence-electron chi connectivity index (χ3n) is 4.33. The first-order valence-electron chi connectivity index (χ1n) is 8.08. The number of aromatic nitrogens is 5. The van der Waals surface area contributed by atoms with Gasteiger partial charge >= 0.3 is 0 Å². The van der Waals surface area contributed by atoms with E-state index in [0.717, 1.165) is 37.6 Å². The highest BCUT2D eigenvalue weighted by atomic mass is 16.5. The summed E-state index contributed by atoms with van der Waals surface area (Å²) in [5.41, 5.74) is 0. The van der Waals surface area contributed by atoms with E-state index in [9.17, 15) is 0 Å². The molecule has 2 aromatic rings. The Bertz CT molecular complexity index is 652. The number of likely N-dealkylation sites (tertiary alicyclic amines) is 1. The van der Waals surface area contributed by atoms with Crippen LogP contribution in [0.15, 0.2) is 4.52 Å². The molecule has 0 radical (unpaired) electrons. The lowest BCUT2D eigenvalue weighted by molar-refractivity contribution is 0.106. The van der Waals surface area contributed by atoms with E-state index in [1.807, 2.05) is 13.8 Å². The maximum Gasteiger partial charge on any atom is 0.244 e. The molecule has 0 unspecified atom stereocenters. The molecular formula is C15H24N6O2. The second-order valence-electron chi connectivity index (χ2n) is 6.03. The number of methoxy groups -OCH3 is 1. The molecule has 0 aromatic carbocycles. The molecule has 0 spiro atoms. The van der Waals surface area contributed by atoms with Gasteiger partial charge < -0.3 is 13.8 Å². The van der Waals surface area contributed by atoms with Crippen LogP contribution in [0, 0.1) is 13.8 Å². The molecule has 0 saturated carbocycles. The summed E-state index contributed by atoms with van der Waals surface area (Å²) in [6, 6.07) is 0.0632. The first-order valence-corrected chi connectivity index (χ1v) is 8.08. The van der Waals surface area contributed by atoms with E-state index >= 15 is 0 Å². The summed E-state index contributed by atoms with van der Waals surface area (Å²) in [7, 11) is 1.74. The molecule has 0 amide bonds. The van der Waals surface area contributed by atoms with Crippen LogP contribution in [0.25, 0.3) is 0 Å². The summed E-state index contributed by atoms with van der Waals surface area (Å²) in [6.07, 6.45) is 2.06. The lowest BCUT2D eigenvalue weighted by Gasteiger charge is -2.21. The fourth-order valence-corrected chi connectivity index (χ4v) is 3.15. The second kappa shape index (κ2) is 6.76. The zero-order chi connectivity index (χ0) is 16.4. The largest absolute Gasteiger partial charge is 0.380 e. The summed E-state index contributed by atoms with van der Waals surface area (Å²) in [5, 5.41) is 12.5. The standard InChI is InChI=1S/C15H24N6O2/c1-5-6-21-11(3)17-18-14(21)9-20-8-12(22-4)7-13(20)15-16-10(2)19-23-15/h12-13H,5-9H2,1-4H3/t12-,13-/m1/s1.